The maximum atomic E-state index is 11.1. The molecule has 1 atom stereocenters. The first-order valence-corrected chi connectivity index (χ1v) is 6.59. The molecule has 1 saturated heterocycles. The highest BCUT2D eigenvalue weighted by molar-refractivity contribution is 6.30. The van der Waals surface area contributed by atoms with Crippen molar-refractivity contribution in [1.29, 1.82) is 5.26 Å². The van der Waals surface area contributed by atoms with Gasteiger partial charge in [0, 0.05) is 38.4 Å². The SMILES string of the molecule is CC(C#N)N1CCN(c2ncc(Cl)cc2[N+](=O)[O-])CC1. The van der Waals surface area contributed by atoms with Crippen LogP contribution in [0.4, 0.5) is 11.5 Å². The molecule has 2 rings (SSSR count). The normalized spacial score (nSPS) is 17.6. The van der Waals surface area contributed by atoms with Gasteiger partial charge < -0.3 is 4.90 Å². The Morgan fingerprint density at radius 2 is 2.15 bits per heavy atom. The Kier molecular flexibility index (Phi) is 4.37. The molecule has 1 aliphatic rings. The molecule has 0 N–H and O–H groups in total. The van der Waals surface area contributed by atoms with Gasteiger partial charge in [0.25, 0.3) is 0 Å². The maximum Gasteiger partial charge on any atom is 0.313 e. The van der Waals surface area contributed by atoms with Crippen LogP contribution in [0, 0.1) is 21.4 Å². The van der Waals surface area contributed by atoms with Crippen molar-refractivity contribution in [2.75, 3.05) is 31.1 Å². The average Bonchev–Trinajstić information content (AvgIpc) is 2.46. The lowest BCUT2D eigenvalue weighted by Crippen LogP contribution is -2.49. The van der Waals surface area contributed by atoms with Gasteiger partial charge in [0.15, 0.2) is 0 Å². The van der Waals surface area contributed by atoms with E-state index in [1.54, 1.807) is 0 Å². The minimum absolute atomic E-state index is 0.0840. The van der Waals surface area contributed by atoms with Gasteiger partial charge >= 0.3 is 5.69 Å². The molecule has 0 aliphatic carbocycles. The highest BCUT2D eigenvalue weighted by Crippen LogP contribution is 2.29. The van der Waals surface area contributed by atoms with Crippen molar-refractivity contribution in [3.05, 3.63) is 27.4 Å². The van der Waals surface area contributed by atoms with E-state index in [4.69, 9.17) is 16.9 Å². The number of nitrogens with zero attached hydrogens (tertiary/aromatic N) is 5. The first kappa shape index (κ1) is 14.5. The van der Waals surface area contributed by atoms with E-state index in [2.05, 4.69) is 11.1 Å². The molecule has 1 fully saturated rings. The number of pyridine rings is 1. The Morgan fingerprint density at radius 1 is 1.50 bits per heavy atom. The number of hydrogen-bond donors (Lipinski definition) is 0. The van der Waals surface area contributed by atoms with E-state index in [-0.39, 0.29) is 16.8 Å². The third kappa shape index (κ3) is 2.98. The molecular weight excluding hydrogens is 282 g/mol. The Morgan fingerprint density at radius 3 is 2.70 bits per heavy atom. The fourth-order valence-electron chi connectivity index (χ4n) is 2.20. The fourth-order valence-corrected chi connectivity index (χ4v) is 2.35. The Bertz CT molecular complexity index is 551. The quantitative estimate of drug-likeness (QED) is 0.623. The lowest BCUT2D eigenvalue weighted by atomic mass is 10.2. The van der Waals surface area contributed by atoms with Gasteiger partial charge in [-0.2, -0.15) is 5.26 Å². The molecule has 0 saturated carbocycles. The molecule has 0 spiro atoms. The van der Waals surface area contributed by atoms with Crippen molar-refractivity contribution in [2.24, 2.45) is 0 Å². The smallest absolute Gasteiger partial charge is 0.313 e. The summed E-state index contributed by atoms with van der Waals surface area (Å²) in [5, 5.41) is 20.2. The summed E-state index contributed by atoms with van der Waals surface area (Å²) in [5.41, 5.74) is -0.0840. The van der Waals surface area contributed by atoms with Gasteiger partial charge in [-0.25, -0.2) is 4.98 Å². The van der Waals surface area contributed by atoms with Crippen molar-refractivity contribution in [1.82, 2.24) is 9.88 Å². The number of hydrogen-bond acceptors (Lipinski definition) is 6. The Labute approximate surface area is 121 Å². The average molecular weight is 296 g/mol. The molecule has 1 unspecified atom stereocenters. The number of nitro groups is 1. The summed E-state index contributed by atoms with van der Waals surface area (Å²) in [6.45, 7) is 4.40. The molecule has 0 bridgehead atoms. The standard InChI is InChI=1S/C12H14ClN5O2/c1-9(7-14)16-2-4-17(5-3-16)12-11(18(19)20)6-10(13)8-15-12/h6,8-9H,2-5H2,1H3. The van der Waals surface area contributed by atoms with Gasteiger partial charge in [-0.1, -0.05) is 11.6 Å². The zero-order chi connectivity index (χ0) is 14.7. The van der Waals surface area contributed by atoms with Crippen LogP contribution in [-0.2, 0) is 0 Å². The minimum Gasteiger partial charge on any atom is -0.348 e. The lowest BCUT2D eigenvalue weighted by molar-refractivity contribution is -0.384. The Balaban J connectivity index is 2.15. The highest BCUT2D eigenvalue weighted by Gasteiger charge is 2.26. The van der Waals surface area contributed by atoms with Crippen LogP contribution in [0.3, 0.4) is 0 Å². The molecular formula is C12H14ClN5O2. The van der Waals surface area contributed by atoms with Crippen LogP contribution in [0.2, 0.25) is 5.02 Å². The van der Waals surface area contributed by atoms with Crippen molar-refractivity contribution in [3.63, 3.8) is 0 Å². The van der Waals surface area contributed by atoms with Crippen LogP contribution in [0.25, 0.3) is 0 Å². The van der Waals surface area contributed by atoms with Crippen molar-refractivity contribution >= 4 is 23.1 Å². The second-order valence-corrected chi connectivity index (χ2v) is 5.02. The highest BCUT2D eigenvalue weighted by atomic mass is 35.5. The van der Waals surface area contributed by atoms with Gasteiger partial charge in [0.05, 0.1) is 22.1 Å². The van der Waals surface area contributed by atoms with Crippen molar-refractivity contribution in [3.8, 4) is 6.07 Å². The maximum absolute atomic E-state index is 11.1. The van der Waals surface area contributed by atoms with E-state index in [0.717, 1.165) is 0 Å². The fraction of sp³-hybridized carbons (Fsp3) is 0.500. The summed E-state index contributed by atoms with van der Waals surface area (Å²) in [4.78, 5) is 18.6. The van der Waals surface area contributed by atoms with Gasteiger partial charge in [-0.05, 0) is 6.92 Å². The molecule has 106 valence electrons. The molecule has 2 heterocycles. The minimum atomic E-state index is -0.474. The summed E-state index contributed by atoms with van der Waals surface area (Å²) in [5.74, 6) is 0.337. The summed E-state index contributed by atoms with van der Waals surface area (Å²) in [7, 11) is 0. The number of rotatable bonds is 3. The summed E-state index contributed by atoms with van der Waals surface area (Å²) in [6.07, 6.45) is 1.41. The number of anilines is 1. The largest absolute Gasteiger partial charge is 0.348 e. The summed E-state index contributed by atoms with van der Waals surface area (Å²) >= 11 is 5.75. The number of aromatic nitrogens is 1. The van der Waals surface area contributed by atoms with Crippen molar-refractivity contribution < 1.29 is 4.92 Å². The molecule has 1 aromatic heterocycles. The van der Waals surface area contributed by atoms with E-state index in [1.165, 1.54) is 12.3 Å². The van der Waals surface area contributed by atoms with E-state index in [1.807, 2.05) is 16.7 Å². The van der Waals surface area contributed by atoms with E-state index in [0.29, 0.717) is 32.0 Å². The van der Waals surface area contributed by atoms with Gasteiger partial charge in [-0.3, -0.25) is 15.0 Å². The van der Waals surface area contributed by atoms with Crippen LogP contribution in [-0.4, -0.2) is 47.0 Å². The molecule has 7 nitrogen and oxygen atoms in total. The first-order chi connectivity index (χ1) is 9.52. The Hall–Kier alpha value is -1.91. The monoisotopic (exact) mass is 295 g/mol. The van der Waals surface area contributed by atoms with Crippen LogP contribution in [0.15, 0.2) is 12.3 Å². The van der Waals surface area contributed by atoms with Crippen molar-refractivity contribution in [2.45, 2.75) is 13.0 Å². The van der Waals surface area contributed by atoms with Gasteiger partial charge in [0.2, 0.25) is 5.82 Å². The van der Waals surface area contributed by atoms with Crippen LogP contribution < -0.4 is 4.90 Å². The van der Waals surface area contributed by atoms with E-state index >= 15 is 0 Å². The molecule has 8 heteroatoms. The molecule has 0 aromatic carbocycles. The zero-order valence-corrected chi connectivity index (χ0v) is 11.7. The lowest BCUT2D eigenvalue weighted by Gasteiger charge is -2.36. The van der Waals surface area contributed by atoms with Gasteiger partial charge in [-0.15, -0.1) is 0 Å². The van der Waals surface area contributed by atoms with E-state index < -0.39 is 4.92 Å². The summed E-state index contributed by atoms with van der Waals surface area (Å²) < 4.78 is 0. The third-order valence-electron chi connectivity index (χ3n) is 3.36. The van der Waals surface area contributed by atoms with Crippen LogP contribution in [0.1, 0.15) is 6.92 Å². The second-order valence-electron chi connectivity index (χ2n) is 4.58. The molecule has 1 aliphatic heterocycles. The number of piperazine rings is 1. The van der Waals surface area contributed by atoms with Crippen LogP contribution in [0.5, 0.6) is 0 Å². The summed E-state index contributed by atoms with van der Waals surface area (Å²) in [6, 6.07) is 3.36. The van der Waals surface area contributed by atoms with E-state index in [9.17, 15) is 10.1 Å². The molecule has 0 radical (unpaired) electrons. The predicted octanol–water partition coefficient (Wildman–Crippen LogP) is 1.68. The third-order valence-corrected chi connectivity index (χ3v) is 3.57. The predicted molar refractivity (Wildman–Crippen MR) is 74.8 cm³/mol. The van der Waals surface area contributed by atoms with Gasteiger partial charge in [0.1, 0.15) is 0 Å². The number of halogens is 1. The number of nitriles is 1. The second kappa shape index (κ2) is 6.03. The molecule has 1 aromatic rings. The topological polar surface area (TPSA) is 86.3 Å². The first-order valence-electron chi connectivity index (χ1n) is 6.21. The zero-order valence-electron chi connectivity index (χ0n) is 11.0. The van der Waals surface area contributed by atoms with Crippen LogP contribution >= 0.6 is 11.6 Å². The molecule has 0 amide bonds. The molecule has 20 heavy (non-hydrogen) atoms.